The van der Waals surface area contributed by atoms with Crippen LogP contribution in [0.2, 0.25) is 5.02 Å². The van der Waals surface area contributed by atoms with E-state index in [2.05, 4.69) is 5.32 Å². The molecule has 0 aromatic heterocycles. The minimum Gasteiger partial charge on any atom is -0.496 e. The van der Waals surface area contributed by atoms with Crippen LogP contribution in [0.3, 0.4) is 0 Å². The van der Waals surface area contributed by atoms with Gasteiger partial charge in [0.2, 0.25) is 0 Å². The van der Waals surface area contributed by atoms with Crippen LogP contribution in [0.4, 0.5) is 0 Å². The smallest absolute Gasteiger partial charge is 0.122 e. The fraction of sp³-hybridized carbons (Fsp3) is 0.500. The lowest BCUT2D eigenvalue weighted by Crippen LogP contribution is -2.12. The molecule has 0 spiro atoms. The van der Waals surface area contributed by atoms with Crippen molar-refractivity contribution in [3.8, 4) is 5.75 Å². The van der Waals surface area contributed by atoms with Crippen molar-refractivity contribution in [1.82, 2.24) is 5.32 Å². The van der Waals surface area contributed by atoms with Gasteiger partial charge in [-0.3, -0.25) is 0 Å². The minimum atomic E-state index is 0.849. The van der Waals surface area contributed by atoms with Crippen LogP contribution in [-0.2, 0) is 6.42 Å². The van der Waals surface area contributed by atoms with Crippen molar-refractivity contribution in [2.24, 2.45) is 0 Å². The SMILES string of the molecule is CNCCc1c(OC)cc(C)c(Cl)c1C. The number of hydrogen-bond donors (Lipinski definition) is 1. The number of ether oxygens (including phenoxy) is 1. The van der Waals surface area contributed by atoms with Crippen LogP contribution in [0, 0.1) is 13.8 Å². The first-order chi connectivity index (χ1) is 7.11. The third-order valence-electron chi connectivity index (χ3n) is 2.62. The number of halogens is 1. The highest BCUT2D eigenvalue weighted by molar-refractivity contribution is 6.32. The van der Waals surface area contributed by atoms with Crippen LogP contribution in [0.5, 0.6) is 5.75 Å². The van der Waals surface area contributed by atoms with E-state index in [9.17, 15) is 0 Å². The topological polar surface area (TPSA) is 21.3 Å². The summed E-state index contributed by atoms with van der Waals surface area (Å²) in [5.74, 6) is 0.935. The van der Waals surface area contributed by atoms with Crippen molar-refractivity contribution >= 4 is 11.6 Å². The molecular formula is C12H18ClNO. The van der Waals surface area contributed by atoms with Gasteiger partial charge in [-0.25, -0.2) is 0 Å². The zero-order valence-electron chi connectivity index (χ0n) is 9.78. The van der Waals surface area contributed by atoms with Crippen LogP contribution in [0.1, 0.15) is 16.7 Å². The van der Waals surface area contributed by atoms with Gasteiger partial charge in [-0.2, -0.15) is 0 Å². The lowest BCUT2D eigenvalue weighted by atomic mass is 10.0. The second-order valence-electron chi connectivity index (χ2n) is 3.67. The van der Waals surface area contributed by atoms with Crippen molar-refractivity contribution in [2.75, 3.05) is 20.7 Å². The fourth-order valence-electron chi connectivity index (χ4n) is 1.70. The van der Waals surface area contributed by atoms with Crippen LogP contribution >= 0.6 is 11.6 Å². The van der Waals surface area contributed by atoms with E-state index in [-0.39, 0.29) is 0 Å². The Bertz CT molecular complexity index is 350. The molecule has 0 bridgehead atoms. The van der Waals surface area contributed by atoms with E-state index in [1.807, 2.05) is 27.0 Å². The summed E-state index contributed by atoms with van der Waals surface area (Å²) in [6.45, 7) is 4.97. The Morgan fingerprint density at radius 3 is 2.60 bits per heavy atom. The first kappa shape index (κ1) is 12.3. The molecule has 0 amide bonds. The van der Waals surface area contributed by atoms with Gasteiger partial charge in [0.1, 0.15) is 5.75 Å². The van der Waals surface area contributed by atoms with Gasteiger partial charge in [0.25, 0.3) is 0 Å². The molecule has 0 aliphatic rings. The number of hydrogen-bond acceptors (Lipinski definition) is 2. The quantitative estimate of drug-likeness (QED) is 0.854. The van der Waals surface area contributed by atoms with E-state index < -0.39 is 0 Å². The predicted molar refractivity (Wildman–Crippen MR) is 65.1 cm³/mol. The maximum atomic E-state index is 6.21. The first-order valence-corrected chi connectivity index (χ1v) is 5.46. The third kappa shape index (κ3) is 2.64. The first-order valence-electron chi connectivity index (χ1n) is 5.09. The molecule has 0 radical (unpaired) electrons. The molecular weight excluding hydrogens is 210 g/mol. The summed E-state index contributed by atoms with van der Waals surface area (Å²) in [6.07, 6.45) is 0.936. The molecule has 84 valence electrons. The normalized spacial score (nSPS) is 10.5. The van der Waals surface area contributed by atoms with Crippen LogP contribution < -0.4 is 10.1 Å². The number of aryl methyl sites for hydroxylation is 1. The van der Waals surface area contributed by atoms with E-state index in [1.54, 1.807) is 7.11 Å². The minimum absolute atomic E-state index is 0.849. The van der Waals surface area contributed by atoms with E-state index in [0.717, 1.165) is 34.9 Å². The largest absolute Gasteiger partial charge is 0.496 e. The molecule has 1 rings (SSSR count). The summed E-state index contributed by atoms with van der Waals surface area (Å²) in [5.41, 5.74) is 3.39. The van der Waals surface area contributed by atoms with Crippen molar-refractivity contribution in [3.05, 3.63) is 27.8 Å². The van der Waals surface area contributed by atoms with Crippen molar-refractivity contribution in [1.29, 1.82) is 0 Å². The van der Waals surface area contributed by atoms with Crippen molar-refractivity contribution in [3.63, 3.8) is 0 Å². The Morgan fingerprint density at radius 1 is 1.40 bits per heavy atom. The highest BCUT2D eigenvalue weighted by Crippen LogP contribution is 2.31. The molecule has 0 saturated heterocycles. The Hall–Kier alpha value is -0.730. The zero-order chi connectivity index (χ0) is 11.4. The second-order valence-corrected chi connectivity index (χ2v) is 4.04. The summed E-state index contributed by atoms with van der Waals surface area (Å²) in [5, 5.41) is 3.98. The van der Waals surface area contributed by atoms with E-state index in [4.69, 9.17) is 16.3 Å². The molecule has 0 unspecified atom stereocenters. The zero-order valence-corrected chi connectivity index (χ0v) is 10.5. The number of likely N-dealkylation sites (N-methyl/N-ethyl adjacent to an activating group) is 1. The summed E-state index contributed by atoms with van der Waals surface area (Å²) in [7, 11) is 3.64. The van der Waals surface area contributed by atoms with Crippen molar-refractivity contribution in [2.45, 2.75) is 20.3 Å². The summed E-state index contributed by atoms with van der Waals surface area (Å²) in [6, 6.07) is 2.00. The van der Waals surface area contributed by atoms with Gasteiger partial charge in [0.05, 0.1) is 7.11 Å². The third-order valence-corrected chi connectivity index (χ3v) is 3.20. The van der Waals surface area contributed by atoms with Crippen LogP contribution in [0.15, 0.2) is 6.07 Å². The van der Waals surface area contributed by atoms with Crippen molar-refractivity contribution < 1.29 is 4.74 Å². The summed E-state index contributed by atoms with van der Waals surface area (Å²) >= 11 is 6.21. The van der Waals surface area contributed by atoms with E-state index in [1.165, 1.54) is 5.56 Å². The van der Waals surface area contributed by atoms with Gasteiger partial charge in [-0.05, 0) is 56.6 Å². The highest BCUT2D eigenvalue weighted by Gasteiger charge is 2.11. The fourth-order valence-corrected chi connectivity index (χ4v) is 1.87. The number of benzene rings is 1. The monoisotopic (exact) mass is 227 g/mol. The van der Waals surface area contributed by atoms with Gasteiger partial charge in [-0.15, -0.1) is 0 Å². The lowest BCUT2D eigenvalue weighted by Gasteiger charge is -2.14. The maximum absolute atomic E-state index is 6.21. The molecule has 15 heavy (non-hydrogen) atoms. The van der Waals surface area contributed by atoms with Crippen LogP contribution in [-0.4, -0.2) is 20.7 Å². The molecule has 1 aromatic rings. The molecule has 1 N–H and O–H groups in total. The predicted octanol–water partition coefficient (Wildman–Crippen LogP) is 2.73. The molecule has 3 heteroatoms. The van der Waals surface area contributed by atoms with E-state index >= 15 is 0 Å². The Kier molecular flexibility index (Phi) is 4.43. The molecule has 0 aliphatic heterocycles. The Balaban J connectivity index is 3.15. The number of nitrogens with one attached hydrogen (secondary N) is 1. The van der Waals surface area contributed by atoms with Gasteiger partial charge < -0.3 is 10.1 Å². The van der Waals surface area contributed by atoms with Gasteiger partial charge in [-0.1, -0.05) is 11.6 Å². The lowest BCUT2D eigenvalue weighted by molar-refractivity contribution is 0.408. The highest BCUT2D eigenvalue weighted by atomic mass is 35.5. The average molecular weight is 228 g/mol. The van der Waals surface area contributed by atoms with Gasteiger partial charge in [0, 0.05) is 5.02 Å². The second kappa shape index (κ2) is 5.38. The number of rotatable bonds is 4. The molecule has 0 aliphatic carbocycles. The molecule has 2 nitrogen and oxygen atoms in total. The Labute approximate surface area is 96.6 Å². The van der Waals surface area contributed by atoms with Crippen LogP contribution in [0.25, 0.3) is 0 Å². The standard InChI is InChI=1S/C12H18ClNO/c1-8-7-11(15-4)10(5-6-14-3)9(2)12(8)13/h7,14H,5-6H2,1-4H3. The Morgan fingerprint density at radius 2 is 2.07 bits per heavy atom. The van der Waals surface area contributed by atoms with Gasteiger partial charge in [0.15, 0.2) is 0 Å². The molecule has 0 saturated carbocycles. The molecule has 0 fully saturated rings. The average Bonchev–Trinajstić information content (AvgIpc) is 2.24. The molecule has 0 atom stereocenters. The molecule has 1 aromatic carbocycles. The van der Waals surface area contributed by atoms with E-state index in [0.29, 0.717) is 0 Å². The number of methoxy groups -OCH3 is 1. The maximum Gasteiger partial charge on any atom is 0.122 e. The van der Waals surface area contributed by atoms with Gasteiger partial charge >= 0.3 is 0 Å². The summed E-state index contributed by atoms with van der Waals surface area (Å²) in [4.78, 5) is 0. The molecule has 0 heterocycles. The summed E-state index contributed by atoms with van der Waals surface area (Å²) < 4.78 is 5.37.